The van der Waals surface area contributed by atoms with Gasteiger partial charge in [-0.05, 0) is 37.5 Å². The molecule has 2 nitrogen and oxygen atoms in total. The van der Waals surface area contributed by atoms with Crippen LogP contribution in [-0.2, 0) is 4.79 Å². The third-order valence-corrected chi connectivity index (χ3v) is 4.46. The van der Waals surface area contributed by atoms with Crippen LogP contribution in [0.4, 0.5) is 0 Å². The summed E-state index contributed by atoms with van der Waals surface area (Å²) in [7, 11) is 0. The Morgan fingerprint density at radius 1 is 1.28 bits per heavy atom. The van der Waals surface area contributed by atoms with Crippen LogP contribution < -0.4 is 5.32 Å². The van der Waals surface area contributed by atoms with E-state index in [1.807, 2.05) is 0 Å². The van der Waals surface area contributed by atoms with Crippen molar-refractivity contribution in [1.82, 2.24) is 5.32 Å². The van der Waals surface area contributed by atoms with Gasteiger partial charge in [0.1, 0.15) is 0 Å². The summed E-state index contributed by atoms with van der Waals surface area (Å²) in [5, 5.41) is 4.18. The molecule has 1 N–H and O–H groups in total. The highest BCUT2D eigenvalue weighted by Gasteiger charge is 2.17. The molecule has 0 aromatic carbocycles. The molecule has 1 fully saturated rings. The number of carbonyl (C=O) groups is 1. The standard InChI is InChI=1S/C15H28BrNO/c1-2-6-14(9-10-16)12-17-15(18)11-13-7-4-3-5-8-13/h13-14H,2-12H2,1H3,(H,17,18). The largest absolute Gasteiger partial charge is 0.356 e. The molecule has 1 amide bonds. The van der Waals surface area contributed by atoms with Crippen molar-refractivity contribution < 1.29 is 4.79 Å². The van der Waals surface area contributed by atoms with Gasteiger partial charge in [-0.3, -0.25) is 4.79 Å². The molecule has 0 aliphatic heterocycles. The number of halogens is 1. The van der Waals surface area contributed by atoms with Crippen LogP contribution in [0.15, 0.2) is 0 Å². The highest BCUT2D eigenvalue weighted by Crippen LogP contribution is 2.26. The van der Waals surface area contributed by atoms with Crippen LogP contribution in [0.3, 0.4) is 0 Å². The van der Waals surface area contributed by atoms with Crippen molar-refractivity contribution in [2.45, 2.75) is 64.7 Å². The van der Waals surface area contributed by atoms with Gasteiger partial charge in [-0.15, -0.1) is 0 Å². The Hall–Kier alpha value is -0.0500. The first-order valence-electron chi connectivity index (χ1n) is 7.59. The minimum Gasteiger partial charge on any atom is -0.356 e. The predicted molar refractivity (Wildman–Crippen MR) is 81.0 cm³/mol. The van der Waals surface area contributed by atoms with Crippen molar-refractivity contribution in [1.29, 1.82) is 0 Å². The molecule has 0 radical (unpaired) electrons. The van der Waals surface area contributed by atoms with E-state index < -0.39 is 0 Å². The normalized spacial score (nSPS) is 18.6. The molecule has 0 heterocycles. The van der Waals surface area contributed by atoms with Gasteiger partial charge in [0, 0.05) is 18.3 Å². The lowest BCUT2D eigenvalue weighted by atomic mass is 9.87. The second-order valence-electron chi connectivity index (χ2n) is 5.64. The van der Waals surface area contributed by atoms with E-state index in [0.29, 0.717) is 11.8 Å². The molecule has 1 saturated carbocycles. The monoisotopic (exact) mass is 317 g/mol. The van der Waals surface area contributed by atoms with Gasteiger partial charge < -0.3 is 5.32 Å². The van der Waals surface area contributed by atoms with Gasteiger partial charge >= 0.3 is 0 Å². The molecule has 0 aromatic heterocycles. The zero-order chi connectivity index (χ0) is 13.2. The summed E-state index contributed by atoms with van der Waals surface area (Å²) in [4.78, 5) is 11.9. The number of carbonyl (C=O) groups excluding carboxylic acids is 1. The number of rotatable bonds is 8. The summed E-state index contributed by atoms with van der Waals surface area (Å²) >= 11 is 3.49. The van der Waals surface area contributed by atoms with Crippen LogP contribution in [0, 0.1) is 11.8 Å². The third-order valence-electron chi connectivity index (χ3n) is 4.00. The summed E-state index contributed by atoms with van der Waals surface area (Å²) in [5.74, 6) is 1.57. The molecule has 18 heavy (non-hydrogen) atoms. The fourth-order valence-corrected chi connectivity index (χ4v) is 3.54. The molecule has 0 saturated heterocycles. The zero-order valence-corrected chi connectivity index (χ0v) is 13.3. The lowest BCUT2D eigenvalue weighted by Crippen LogP contribution is -2.31. The van der Waals surface area contributed by atoms with Crippen molar-refractivity contribution in [2.75, 3.05) is 11.9 Å². The number of amides is 1. The quantitative estimate of drug-likeness (QED) is 0.665. The molecule has 1 aliphatic rings. The molecule has 1 atom stereocenters. The smallest absolute Gasteiger partial charge is 0.220 e. The molecule has 1 aliphatic carbocycles. The van der Waals surface area contributed by atoms with Gasteiger partial charge in [0.2, 0.25) is 5.91 Å². The Balaban J connectivity index is 2.17. The van der Waals surface area contributed by atoms with Crippen LogP contribution >= 0.6 is 15.9 Å². The van der Waals surface area contributed by atoms with Crippen molar-refractivity contribution >= 4 is 21.8 Å². The lowest BCUT2D eigenvalue weighted by Gasteiger charge is -2.22. The second kappa shape index (κ2) is 9.82. The summed E-state index contributed by atoms with van der Waals surface area (Å²) in [6.07, 6.45) is 10.9. The fraction of sp³-hybridized carbons (Fsp3) is 0.933. The first-order valence-corrected chi connectivity index (χ1v) is 8.71. The molecular formula is C15H28BrNO. The second-order valence-corrected chi connectivity index (χ2v) is 6.44. The maximum Gasteiger partial charge on any atom is 0.220 e. The van der Waals surface area contributed by atoms with Gasteiger partial charge in [-0.25, -0.2) is 0 Å². The van der Waals surface area contributed by atoms with Gasteiger partial charge in [-0.2, -0.15) is 0 Å². The van der Waals surface area contributed by atoms with Crippen molar-refractivity contribution in [3.8, 4) is 0 Å². The van der Waals surface area contributed by atoms with E-state index in [-0.39, 0.29) is 5.91 Å². The first kappa shape index (κ1) is 16.0. The zero-order valence-electron chi connectivity index (χ0n) is 11.7. The molecule has 0 bridgehead atoms. The summed E-state index contributed by atoms with van der Waals surface area (Å²) in [6.45, 7) is 3.08. The van der Waals surface area contributed by atoms with Crippen LogP contribution in [0.5, 0.6) is 0 Å². The van der Waals surface area contributed by atoms with Crippen LogP contribution in [0.2, 0.25) is 0 Å². The van der Waals surface area contributed by atoms with Crippen molar-refractivity contribution in [2.24, 2.45) is 11.8 Å². The Morgan fingerprint density at radius 3 is 2.61 bits per heavy atom. The predicted octanol–water partition coefficient (Wildman–Crippen LogP) is 4.27. The Bertz CT molecular complexity index is 221. The van der Waals surface area contributed by atoms with E-state index in [4.69, 9.17) is 0 Å². The van der Waals surface area contributed by atoms with E-state index in [0.717, 1.165) is 24.7 Å². The average Bonchev–Trinajstić information content (AvgIpc) is 2.38. The Kier molecular flexibility index (Phi) is 8.74. The molecule has 1 rings (SSSR count). The van der Waals surface area contributed by atoms with Crippen LogP contribution in [0.25, 0.3) is 0 Å². The molecule has 0 spiro atoms. The first-order chi connectivity index (χ1) is 8.76. The third kappa shape index (κ3) is 6.77. The molecule has 3 heteroatoms. The van der Waals surface area contributed by atoms with E-state index in [9.17, 15) is 4.79 Å². The van der Waals surface area contributed by atoms with Crippen molar-refractivity contribution in [3.63, 3.8) is 0 Å². The fourth-order valence-electron chi connectivity index (χ4n) is 2.89. The Labute approximate surface area is 120 Å². The summed E-state index contributed by atoms with van der Waals surface area (Å²) in [5.41, 5.74) is 0. The minimum absolute atomic E-state index is 0.276. The minimum atomic E-state index is 0.276. The summed E-state index contributed by atoms with van der Waals surface area (Å²) < 4.78 is 0. The Morgan fingerprint density at radius 2 is 2.00 bits per heavy atom. The lowest BCUT2D eigenvalue weighted by molar-refractivity contribution is -0.122. The highest BCUT2D eigenvalue weighted by atomic mass is 79.9. The molecular weight excluding hydrogens is 290 g/mol. The van der Waals surface area contributed by atoms with Gasteiger partial charge in [0.25, 0.3) is 0 Å². The number of alkyl halides is 1. The number of nitrogens with one attached hydrogen (secondary N) is 1. The number of hydrogen-bond acceptors (Lipinski definition) is 1. The molecule has 106 valence electrons. The number of hydrogen-bond donors (Lipinski definition) is 1. The van der Waals surface area contributed by atoms with Crippen LogP contribution in [0.1, 0.15) is 64.7 Å². The van der Waals surface area contributed by atoms with E-state index in [1.165, 1.54) is 44.9 Å². The van der Waals surface area contributed by atoms with Crippen LogP contribution in [-0.4, -0.2) is 17.8 Å². The SMILES string of the molecule is CCCC(CCBr)CNC(=O)CC1CCCCC1. The summed E-state index contributed by atoms with van der Waals surface area (Å²) in [6, 6.07) is 0. The van der Waals surface area contributed by atoms with Crippen molar-refractivity contribution in [3.05, 3.63) is 0 Å². The topological polar surface area (TPSA) is 29.1 Å². The maximum atomic E-state index is 11.9. The highest BCUT2D eigenvalue weighted by molar-refractivity contribution is 9.09. The van der Waals surface area contributed by atoms with Gasteiger partial charge in [0.15, 0.2) is 0 Å². The van der Waals surface area contributed by atoms with Gasteiger partial charge in [-0.1, -0.05) is 48.5 Å². The maximum absolute atomic E-state index is 11.9. The molecule has 0 aromatic rings. The van der Waals surface area contributed by atoms with Gasteiger partial charge in [0.05, 0.1) is 0 Å². The molecule has 1 unspecified atom stereocenters. The van der Waals surface area contributed by atoms with E-state index in [2.05, 4.69) is 28.2 Å². The van der Waals surface area contributed by atoms with E-state index >= 15 is 0 Å². The van der Waals surface area contributed by atoms with E-state index in [1.54, 1.807) is 0 Å². The average molecular weight is 318 g/mol.